The van der Waals surface area contributed by atoms with E-state index in [-0.39, 0.29) is 0 Å². The van der Waals surface area contributed by atoms with Crippen LogP contribution in [-0.4, -0.2) is 0 Å². The van der Waals surface area contributed by atoms with E-state index in [1.807, 2.05) is 10.7 Å². The Labute approximate surface area is 181 Å². The molecule has 6 rings (SSSR count). The van der Waals surface area contributed by atoms with Gasteiger partial charge in [0, 0.05) is 0 Å². The van der Waals surface area contributed by atoms with E-state index < -0.39 is 0 Å². The van der Waals surface area contributed by atoms with Crippen molar-refractivity contribution in [3.8, 4) is 11.1 Å². The molecule has 154 valence electrons. The number of nitrogen functional groups attached to an aromatic ring is 2. The minimum atomic E-state index is 0.966. The Bertz CT molecular complexity index is 1510. The van der Waals surface area contributed by atoms with Gasteiger partial charge in [0.05, 0.1) is 5.69 Å². The van der Waals surface area contributed by atoms with Gasteiger partial charge in [-0.05, 0) is 29.3 Å². The lowest BCUT2D eigenvalue weighted by atomic mass is 9.86. The number of nitrogens with zero attached hydrogens (tertiary/aromatic N) is 2. The highest BCUT2D eigenvalue weighted by atomic mass is 15.3. The average Bonchev–Trinajstić information content (AvgIpc) is 3.27. The smallest absolute Gasteiger partial charge is 0.165 e. The van der Waals surface area contributed by atoms with Gasteiger partial charge in [-0.25, -0.2) is 24.2 Å². The summed E-state index contributed by atoms with van der Waals surface area (Å²) in [5, 5.41) is 3.59. The highest BCUT2D eigenvalue weighted by Gasteiger charge is 2.19. The fourth-order valence-electron chi connectivity index (χ4n) is 5.34. The van der Waals surface area contributed by atoms with Gasteiger partial charge < -0.3 is 0 Å². The Balaban J connectivity index is 1.78. The number of benzene rings is 3. The second-order valence-corrected chi connectivity index (χ2v) is 8.29. The third-order valence-electron chi connectivity index (χ3n) is 6.61. The summed E-state index contributed by atoms with van der Waals surface area (Å²) in [6.45, 7) is 2.19. The molecule has 4 nitrogen and oxygen atoms in total. The van der Waals surface area contributed by atoms with Crippen LogP contribution in [0.1, 0.15) is 31.0 Å². The average molecular weight is 406 g/mol. The van der Waals surface area contributed by atoms with Crippen molar-refractivity contribution in [3.63, 3.8) is 0 Å². The van der Waals surface area contributed by atoms with Crippen LogP contribution in [-0.2, 0) is 6.42 Å². The van der Waals surface area contributed by atoms with Crippen LogP contribution in [0.15, 0.2) is 66.7 Å². The van der Waals surface area contributed by atoms with E-state index >= 15 is 0 Å². The highest BCUT2D eigenvalue weighted by Crippen LogP contribution is 2.42. The lowest BCUT2D eigenvalue weighted by Gasteiger charge is -2.29. The van der Waals surface area contributed by atoms with E-state index in [0.29, 0.717) is 0 Å². The summed E-state index contributed by atoms with van der Waals surface area (Å²) in [5.41, 5.74) is 9.36. The molecule has 1 aliphatic rings. The third kappa shape index (κ3) is 2.39. The quantitative estimate of drug-likeness (QED) is 0.263. The van der Waals surface area contributed by atoms with E-state index in [9.17, 15) is 0 Å². The first kappa shape index (κ1) is 18.0. The third-order valence-corrected chi connectivity index (χ3v) is 6.61. The van der Waals surface area contributed by atoms with Crippen molar-refractivity contribution in [2.45, 2.75) is 26.2 Å². The summed E-state index contributed by atoms with van der Waals surface area (Å²) in [5.74, 6) is 13.1. The number of rotatable bonds is 2. The predicted octanol–water partition coefficient (Wildman–Crippen LogP) is 4.20. The first-order chi connectivity index (χ1) is 15.2. The van der Waals surface area contributed by atoms with Crippen LogP contribution in [0.4, 0.5) is 0 Å². The zero-order valence-corrected chi connectivity index (χ0v) is 17.6. The summed E-state index contributed by atoms with van der Waals surface area (Å²) in [6, 6.07) is 21.2. The van der Waals surface area contributed by atoms with E-state index in [0.717, 1.165) is 35.8 Å². The monoisotopic (exact) mass is 405 g/mol. The molecule has 0 bridgehead atoms. The Hall–Kier alpha value is -3.79. The van der Waals surface area contributed by atoms with Gasteiger partial charge in [0.2, 0.25) is 0 Å². The second kappa shape index (κ2) is 6.61. The molecule has 0 unspecified atom stereocenters. The predicted molar refractivity (Wildman–Crippen MR) is 127 cm³/mol. The zero-order chi connectivity index (χ0) is 21.1. The Kier molecular flexibility index (Phi) is 3.84. The Morgan fingerprint density at radius 3 is 2.65 bits per heavy atom. The van der Waals surface area contributed by atoms with Gasteiger partial charge in [-0.2, -0.15) is 14.9 Å². The maximum absolute atomic E-state index is 6.62. The molecule has 3 aromatic carbocycles. The van der Waals surface area contributed by atoms with Crippen LogP contribution in [0, 0.1) is 6.42 Å². The SMILES string of the molecule is CCC=C1[CH-]CC[c-]2c1c1c(-c3ccc[c-]4c3c3ccccc3[n+]4N)cccc1[n+]2N. The summed E-state index contributed by atoms with van der Waals surface area (Å²) < 4.78 is 3.70. The van der Waals surface area contributed by atoms with E-state index in [1.165, 1.54) is 44.1 Å². The van der Waals surface area contributed by atoms with Crippen molar-refractivity contribution in [3.05, 3.63) is 84.4 Å². The highest BCUT2D eigenvalue weighted by molar-refractivity contribution is 6.15. The number of allylic oxidation sites excluding steroid dienone is 2. The minimum Gasteiger partial charge on any atom is -0.265 e. The van der Waals surface area contributed by atoms with Crippen molar-refractivity contribution in [2.24, 2.45) is 0 Å². The van der Waals surface area contributed by atoms with Crippen LogP contribution in [0.2, 0.25) is 0 Å². The van der Waals surface area contributed by atoms with Crippen molar-refractivity contribution in [1.82, 2.24) is 0 Å². The van der Waals surface area contributed by atoms with Gasteiger partial charge in [-0.1, -0.05) is 61.7 Å². The molecule has 4 N–H and O–H groups in total. The fourth-order valence-corrected chi connectivity index (χ4v) is 5.34. The Morgan fingerprint density at radius 2 is 1.77 bits per heavy atom. The number of hydrogen-bond donors (Lipinski definition) is 2. The standard InChI is InChI=1S/C27H25N4/c1-2-8-17-9-5-14-22-25(17)27-19(12-7-16-24(27)31(22)29)18-11-6-15-23-26(18)20-10-3-4-13-21(20)30(23)28/h3-4,6-13,15-16H,2,5,14,28-29H2,1H3/q-1. The molecule has 1 aliphatic carbocycles. The molecule has 0 aliphatic heterocycles. The van der Waals surface area contributed by atoms with Crippen molar-refractivity contribution in [1.29, 1.82) is 0 Å². The largest absolute Gasteiger partial charge is 0.265 e. The topological polar surface area (TPSA) is 59.8 Å². The van der Waals surface area contributed by atoms with E-state index in [4.69, 9.17) is 11.7 Å². The summed E-state index contributed by atoms with van der Waals surface area (Å²) in [6.07, 6.45) is 7.67. The summed E-state index contributed by atoms with van der Waals surface area (Å²) in [7, 11) is 0. The van der Waals surface area contributed by atoms with Crippen molar-refractivity contribution < 1.29 is 9.35 Å². The molecule has 0 saturated carbocycles. The second-order valence-electron chi connectivity index (χ2n) is 8.29. The van der Waals surface area contributed by atoms with Gasteiger partial charge in [0.25, 0.3) is 0 Å². The first-order valence-electron chi connectivity index (χ1n) is 10.9. The van der Waals surface area contributed by atoms with Gasteiger partial charge in [-0.3, -0.25) is 5.57 Å². The maximum atomic E-state index is 6.62. The van der Waals surface area contributed by atoms with Gasteiger partial charge in [-0.15, -0.1) is 23.1 Å². The molecule has 0 spiro atoms. The van der Waals surface area contributed by atoms with Crippen LogP contribution >= 0.6 is 0 Å². The van der Waals surface area contributed by atoms with Gasteiger partial charge >= 0.3 is 0 Å². The molecule has 4 heteroatoms. The molecule has 0 amide bonds. The zero-order valence-electron chi connectivity index (χ0n) is 17.6. The van der Waals surface area contributed by atoms with Gasteiger partial charge in [0.15, 0.2) is 11.0 Å². The molecular formula is C27H25N4-. The number of hydrogen-bond acceptors (Lipinski definition) is 2. The molecule has 0 saturated heterocycles. The maximum Gasteiger partial charge on any atom is 0.165 e. The number of fused-ring (bicyclic) bond motifs is 6. The number of aromatic nitrogens is 2. The molecule has 0 radical (unpaired) electrons. The normalized spacial score (nSPS) is 15.1. The molecule has 0 fully saturated rings. The van der Waals surface area contributed by atoms with Gasteiger partial charge in [0.1, 0.15) is 5.52 Å². The summed E-state index contributed by atoms with van der Waals surface area (Å²) in [4.78, 5) is 0. The molecule has 2 aromatic heterocycles. The van der Waals surface area contributed by atoms with E-state index in [1.54, 1.807) is 4.68 Å². The van der Waals surface area contributed by atoms with Crippen LogP contribution < -0.4 is 21.0 Å². The molecule has 5 aromatic rings. The van der Waals surface area contributed by atoms with E-state index in [2.05, 4.69) is 74.0 Å². The van der Waals surface area contributed by atoms with Crippen molar-refractivity contribution >= 4 is 38.3 Å². The van der Waals surface area contributed by atoms with Crippen molar-refractivity contribution in [2.75, 3.05) is 11.7 Å². The molecular weight excluding hydrogens is 380 g/mol. The fraction of sp³-hybridized carbons (Fsp3) is 0.148. The Morgan fingerprint density at radius 1 is 0.968 bits per heavy atom. The minimum absolute atomic E-state index is 0.966. The number of para-hydroxylation sites is 1. The molecule has 0 atom stereocenters. The van der Waals surface area contributed by atoms with Crippen LogP contribution in [0.25, 0.3) is 49.4 Å². The lowest BCUT2D eigenvalue weighted by molar-refractivity contribution is -0.617. The first-order valence-corrected chi connectivity index (χ1v) is 10.9. The van der Waals surface area contributed by atoms with Crippen LogP contribution in [0.3, 0.4) is 0 Å². The number of nitrogens with two attached hydrogens (primary N) is 2. The lowest BCUT2D eigenvalue weighted by Crippen LogP contribution is -2.47. The molecule has 2 heterocycles. The van der Waals surface area contributed by atoms with Crippen LogP contribution in [0.5, 0.6) is 0 Å². The summed E-state index contributed by atoms with van der Waals surface area (Å²) >= 11 is 0. The molecule has 31 heavy (non-hydrogen) atoms.